The predicted molar refractivity (Wildman–Crippen MR) is 91.8 cm³/mol. The van der Waals surface area contributed by atoms with Gasteiger partial charge in [-0.05, 0) is 43.2 Å². The molecule has 1 aliphatic rings. The van der Waals surface area contributed by atoms with Crippen molar-refractivity contribution in [1.82, 2.24) is 15.2 Å². The summed E-state index contributed by atoms with van der Waals surface area (Å²) in [5, 5.41) is 11.9. The third-order valence-electron chi connectivity index (χ3n) is 4.28. The standard InChI is InChI=1S/C19H18N4O2/c20-12-14-3-1-4-15(11-14)19(25)23-9-6-17(7-10-23)22-18(24)16-5-2-8-21-13-16/h1-5,8,11,13,17H,6-7,9-10H2,(H,22,24). The average molecular weight is 334 g/mol. The summed E-state index contributed by atoms with van der Waals surface area (Å²) < 4.78 is 0. The minimum absolute atomic E-state index is 0.0437. The van der Waals surface area contributed by atoms with E-state index in [2.05, 4.69) is 10.3 Å². The third-order valence-corrected chi connectivity index (χ3v) is 4.28. The molecular weight excluding hydrogens is 316 g/mol. The molecule has 6 nitrogen and oxygen atoms in total. The van der Waals surface area contributed by atoms with E-state index in [1.807, 2.05) is 6.07 Å². The number of nitrogens with zero attached hydrogens (tertiary/aromatic N) is 3. The molecule has 0 radical (unpaired) electrons. The molecule has 126 valence electrons. The van der Waals surface area contributed by atoms with Gasteiger partial charge in [-0.25, -0.2) is 0 Å². The molecule has 2 heterocycles. The van der Waals surface area contributed by atoms with Gasteiger partial charge < -0.3 is 10.2 Å². The number of likely N-dealkylation sites (tertiary alicyclic amines) is 1. The number of pyridine rings is 1. The molecule has 1 aromatic heterocycles. The summed E-state index contributed by atoms with van der Waals surface area (Å²) in [6.07, 6.45) is 4.57. The summed E-state index contributed by atoms with van der Waals surface area (Å²) in [5.74, 6) is -0.214. The maximum Gasteiger partial charge on any atom is 0.253 e. The number of amides is 2. The molecule has 0 spiro atoms. The van der Waals surface area contributed by atoms with E-state index in [4.69, 9.17) is 5.26 Å². The predicted octanol–water partition coefficient (Wildman–Crippen LogP) is 1.99. The molecule has 0 aliphatic carbocycles. The van der Waals surface area contributed by atoms with Gasteiger partial charge in [0, 0.05) is 37.1 Å². The van der Waals surface area contributed by atoms with Crippen molar-refractivity contribution in [3.8, 4) is 6.07 Å². The second kappa shape index (κ2) is 7.58. The number of piperidine rings is 1. The molecule has 3 rings (SSSR count). The molecule has 0 atom stereocenters. The van der Waals surface area contributed by atoms with Crippen LogP contribution in [-0.2, 0) is 0 Å². The zero-order valence-electron chi connectivity index (χ0n) is 13.7. The van der Waals surface area contributed by atoms with Gasteiger partial charge in [0.2, 0.25) is 0 Å². The first-order chi connectivity index (χ1) is 12.2. The van der Waals surface area contributed by atoms with E-state index in [1.165, 1.54) is 6.20 Å². The number of aromatic nitrogens is 1. The van der Waals surface area contributed by atoms with Crippen molar-refractivity contribution in [2.45, 2.75) is 18.9 Å². The summed E-state index contributed by atoms with van der Waals surface area (Å²) in [7, 11) is 0. The van der Waals surface area contributed by atoms with E-state index in [-0.39, 0.29) is 17.9 Å². The van der Waals surface area contributed by atoms with E-state index >= 15 is 0 Å². The number of hydrogen-bond donors (Lipinski definition) is 1. The van der Waals surface area contributed by atoms with Crippen LogP contribution in [0.25, 0.3) is 0 Å². The number of hydrogen-bond acceptors (Lipinski definition) is 4. The maximum absolute atomic E-state index is 12.5. The lowest BCUT2D eigenvalue weighted by molar-refractivity contribution is 0.0698. The van der Waals surface area contributed by atoms with Gasteiger partial charge >= 0.3 is 0 Å². The first-order valence-electron chi connectivity index (χ1n) is 8.17. The van der Waals surface area contributed by atoms with Crippen molar-refractivity contribution in [3.05, 3.63) is 65.5 Å². The van der Waals surface area contributed by atoms with Gasteiger partial charge in [0.1, 0.15) is 0 Å². The molecule has 1 fully saturated rings. The number of rotatable bonds is 3. The quantitative estimate of drug-likeness (QED) is 0.930. The summed E-state index contributed by atoms with van der Waals surface area (Å²) in [5.41, 5.74) is 1.54. The normalized spacial score (nSPS) is 14.6. The highest BCUT2D eigenvalue weighted by Crippen LogP contribution is 2.15. The van der Waals surface area contributed by atoms with Gasteiger partial charge in [0.15, 0.2) is 0 Å². The van der Waals surface area contributed by atoms with Crippen LogP contribution in [0.2, 0.25) is 0 Å². The first-order valence-corrected chi connectivity index (χ1v) is 8.17. The topological polar surface area (TPSA) is 86.1 Å². The number of carbonyl (C=O) groups is 2. The van der Waals surface area contributed by atoms with Crippen molar-refractivity contribution in [2.24, 2.45) is 0 Å². The van der Waals surface area contributed by atoms with Crippen LogP contribution in [-0.4, -0.2) is 40.8 Å². The fourth-order valence-corrected chi connectivity index (χ4v) is 2.90. The van der Waals surface area contributed by atoms with Gasteiger partial charge in [0.25, 0.3) is 11.8 Å². The average Bonchev–Trinajstić information content (AvgIpc) is 2.68. The van der Waals surface area contributed by atoms with E-state index < -0.39 is 0 Å². The Morgan fingerprint density at radius 1 is 1.16 bits per heavy atom. The number of carbonyl (C=O) groups excluding carboxylic acids is 2. The Bertz CT molecular complexity index is 806. The molecule has 2 amide bonds. The molecular formula is C19H18N4O2. The van der Waals surface area contributed by atoms with E-state index in [0.29, 0.717) is 42.6 Å². The molecule has 0 unspecified atom stereocenters. The lowest BCUT2D eigenvalue weighted by atomic mass is 10.0. The van der Waals surface area contributed by atoms with Crippen molar-refractivity contribution in [2.75, 3.05) is 13.1 Å². The van der Waals surface area contributed by atoms with E-state index in [1.54, 1.807) is 47.5 Å². The summed E-state index contributed by atoms with van der Waals surface area (Å²) in [4.78, 5) is 30.4. The minimum Gasteiger partial charge on any atom is -0.349 e. The molecule has 0 saturated carbocycles. The second-order valence-corrected chi connectivity index (χ2v) is 5.97. The Morgan fingerprint density at radius 2 is 1.92 bits per heavy atom. The monoisotopic (exact) mass is 334 g/mol. The number of nitrogens with one attached hydrogen (secondary N) is 1. The van der Waals surface area contributed by atoms with Crippen LogP contribution in [0.1, 0.15) is 39.1 Å². The second-order valence-electron chi connectivity index (χ2n) is 5.97. The van der Waals surface area contributed by atoms with Crippen LogP contribution < -0.4 is 5.32 Å². The molecule has 1 N–H and O–H groups in total. The van der Waals surface area contributed by atoms with Gasteiger partial charge in [-0.15, -0.1) is 0 Å². The Labute approximate surface area is 146 Å². The smallest absolute Gasteiger partial charge is 0.253 e. The molecule has 1 saturated heterocycles. The van der Waals surface area contributed by atoms with E-state index in [0.717, 1.165) is 0 Å². The Balaban J connectivity index is 1.55. The van der Waals surface area contributed by atoms with Crippen molar-refractivity contribution >= 4 is 11.8 Å². The Hall–Kier alpha value is -3.20. The molecule has 0 bridgehead atoms. The van der Waals surface area contributed by atoms with Crippen LogP contribution in [0.4, 0.5) is 0 Å². The summed E-state index contributed by atoms with van der Waals surface area (Å²) >= 11 is 0. The molecule has 1 aliphatic heterocycles. The summed E-state index contributed by atoms with van der Waals surface area (Å²) in [6.45, 7) is 1.15. The minimum atomic E-state index is -0.139. The van der Waals surface area contributed by atoms with Gasteiger partial charge in [0.05, 0.1) is 17.2 Å². The van der Waals surface area contributed by atoms with Crippen molar-refractivity contribution in [1.29, 1.82) is 5.26 Å². The summed E-state index contributed by atoms with van der Waals surface area (Å²) in [6, 6.07) is 12.3. The van der Waals surface area contributed by atoms with Crippen LogP contribution in [0.3, 0.4) is 0 Å². The molecule has 2 aromatic rings. The Morgan fingerprint density at radius 3 is 2.60 bits per heavy atom. The first kappa shape index (κ1) is 16.7. The number of nitriles is 1. The van der Waals surface area contributed by atoms with Crippen LogP contribution >= 0.6 is 0 Å². The van der Waals surface area contributed by atoms with Crippen LogP contribution in [0, 0.1) is 11.3 Å². The van der Waals surface area contributed by atoms with Crippen LogP contribution in [0.15, 0.2) is 48.8 Å². The highest BCUT2D eigenvalue weighted by molar-refractivity contribution is 5.95. The van der Waals surface area contributed by atoms with Gasteiger partial charge in [-0.1, -0.05) is 6.07 Å². The molecule has 6 heteroatoms. The highest BCUT2D eigenvalue weighted by Gasteiger charge is 2.25. The fourth-order valence-electron chi connectivity index (χ4n) is 2.90. The fraction of sp³-hybridized carbons (Fsp3) is 0.263. The third kappa shape index (κ3) is 4.01. The Kier molecular flexibility index (Phi) is 5.05. The van der Waals surface area contributed by atoms with Crippen LogP contribution in [0.5, 0.6) is 0 Å². The molecule has 25 heavy (non-hydrogen) atoms. The van der Waals surface area contributed by atoms with Gasteiger partial charge in [-0.2, -0.15) is 5.26 Å². The SMILES string of the molecule is N#Cc1cccc(C(=O)N2CCC(NC(=O)c3cccnc3)CC2)c1. The van der Waals surface area contributed by atoms with Gasteiger partial charge in [-0.3, -0.25) is 14.6 Å². The number of benzene rings is 1. The highest BCUT2D eigenvalue weighted by atomic mass is 16.2. The zero-order valence-corrected chi connectivity index (χ0v) is 13.7. The van der Waals surface area contributed by atoms with Crippen molar-refractivity contribution in [3.63, 3.8) is 0 Å². The van der Waals surface area contributed by atoms with Crippen molar-refractivity contribution < 1.29 is 9.59 Å². The lowest BCUT2D eigenvalue weighted by Gasteiger charge is -2.32. The maximum atomic E-state index is 12.5. The zero-order chi connectivity index (χ0) is 17.6. The van der Waals surface area contributed by atoms with E-state index in [9.17, 15) is 9.59 Å². The molecule has 1 aromatic carbocycles. The lowest BCUT2D eigenvalue weighted by Crippen LogP contribution is -2.46. The largest absolute Gasteiger partial charge is 0.349 e.